The summed E-state index contributed by atoms with van der Waals surface area (Å²) in [5.74, 6) is -0.336. The number of hydrogen-bond acceptors (Lipinski definition) is 4. The summed E-state index contributed by atoms with van der Waals surface area (Å²) in [7, 11) is -0.759. The maximum Gasteiger partial charge on any atom is 0.289 e. The minimum Gasteiger partial charge on any atom is -0.455 e. The molecule has 1 aromatic heterocycles. The largest absolute Gasteiger partial charge is 0.455 e. The van der Waals surface area contributed by atoms with E-state index in [9.17, 15) is 13.2 Å². The second-order valence-electron chi connectivity index (χ2n) is 3.28. The fourth-order valence-electron chi connectivity index (χ4n) is 1.07. The smallest absolute Gasteiger partial charge is 0.289 e. The molecule has 0 saturated heterocycles. The highest BCUT2D eigenvalue weighted by atomic mass is 32.2. The van der Waals surface area contributed by atoms with Gasteiger partial charge in [-0.3, -0.25) is 4.79 Å². The number of sulfonamides is 1. The molecule has 1 rings (SSSR count). The van der Waals surface area contributed by atoms with Crippen LogP contribution in [-0.2, 0) is 10.0 Å². The van der Waals surface area contributed by atoms with Crippen molar-refractivity contribution < 1.29 is 17.6 Å². The highest BCUT2D eigenvalue weighted by Gasteiger charge is 2.21. The van der Waals surface area contributed by atoms with E-state index in [0.717, 1.165) is 6.07 Å². The van der Waals surface area contributed by atoms with Crippen molar-refractivity contribution in [1.29, 1.82) is 0 Å². The molecular weight excluding hydrogens is 220 g/mol. The average Bonchev–Trinajstić information content (AvgIpc) is 2.44. The molecule has 6 nitrogen and oxygen atoms in total. The average molecular weight is 232 g/mol. The van der Waals surface area contributed by atoms with Crippen molar-refractivity contribution in [3.63, 3.8) is 0 Å². The quantitative estimate of drug-likeness (QED) is 0.772. The Labute approximate surface area is 87.7 Å². The Hall–Kier alpha value is -1.34. The van der Waals surface area contributed by atoms with Crippen molar-refractivity contribution in [3.8, 4) is 0 Å². The molecule has 7 heteroatoms. The molecule has 0 aliphatic heterocycles. The molecule has 0 aromatic carbocycles. The molecule has 1 amide bonds. The van der Waals surface area contributed by atoms with Gasteiger partial charge in [0.25, 0.3) is 5.91 Å². The van der Waals surface area contributed by atoms with Crippen LogP contribution >= 0.6 is 0 Å². The molecule has 0 fully saturated rings. The normalized spacial score (nSPS) is 11.5. The summed E-state index contributed by atoms with van der Waals surface area (Å²) < 4.78 is 27.1. The molecule has 2 N–H and O–H groups in total. The number of furan rings is 1. The van der Waals surface area contributed by atoms with Crippen LogP contribution in [0.15, 0.2) is 15.4 Å². The first-order valence-corrected chi connectivity index (χ1v) is 5.63. The van der Waals surface area contributed by atoms with Gasteiger partial charge in [0.15, 0.2) is 5.76 Å². The van der Waals surface area contributed by atoms with Gasteiger partial charge in [0, 0.05) is 20.2 Å². The standard InChI is InChI=1S/C8H12N2O4S/c1-5-7(15(9,12)13)4-6(14-5)8(11)10(2)3/h4H,1-3H3,(H2,9,12,13). The Morgan fingerprint density at radius 3 is 2.33 bits per heavy atom. The Morgan fingerprint density at radius 1 is 1.47 bits per heavy atom. The van der Waals surface area contributed by atoms with E-state index in [1.54, 1.807) is 0 Å². The van der Waals surface area contributed by atoms with Crippen molar-refractivity contribution >= 4 is 15.9 Å². The highest BCUT2D eigenvalue weighted by Crippen LogP contribution is 2.19. The molecular formula is C8H12N2O4S. The van der Waals surface area contributed by atoms with Crippen LogP contribution in [0.3, 0.4) is 0 Å². The number of carbonyl (C=O) groups is 1. The van der Waals surface area contributed by atoms with Crippen LogP contribution in [-0.4, -0.2) is 33.3 Å². The first kappa shape index (κ1) is 11.7. The number of hydrogen-bond donors (Lipinski definition) is 1. The molecule has 0 spiro atoms. The van der Waals surface area contributed by atoms with Gasteiger partial charge in [-0.2, -0.15) is 0 Å². The van der Waals surface area contributed by atoms with Crippen LogP contribution in [0.2, 0.25) is 0 Å². The van der Waals surface area contributed by atoms with Crippen molar-refractivity contribution in [2.45, 2.75) is 11.8 Å². The number of amides is 1. The second kappa shape index (κ2) is 3.67. The maximum absolute atomic E-state index is 11.4. The third kappa shape index (κ3) is 2.37. The molecule has 0 aliphatic rings. The Bertz CT molecular complexity index is 487. The second-order valence-corrected chi connectivity index (χ2v) is 4.81. The SMILES string of the molecule is Cc1oc(C(=O)N(C)C)cc1S(N)(=O)=O. The lowest BCUT2D eigenvalue weighted by Crippen LogP contribution is -2.21. The lowest BCUT2D eigenvalue weighted by atomic mass is 10.4. The van der Waals surface area contributed by atoms with Gasteiger partial charge in [0.1, 0.15) is 10.7 Å². The topological polar surface area (TPSA) is 93.6 Å². The minimum absolute atomic E-state index is 0.0403. The van der Waals surface area contributed by atoms with Gasteiger partial charge < -0.3 is 9.32 Å². The van der Waals surface area contributed by atoms with E-state index < -0.39 is 15.9 Å². The zero-order chi connectivity index (χ0) is 11.8. The van der Waals surface area contributed by atoms with Gasteiger partial charge in [-0.15, -0.1) is 0 Å². The first-order valence-electron chi connectivity index (χ1n) is 4.08. The fraction of sp³-hybridized carbons (Fsp3) is 0.375. The first-order chi connectivity index (χ1) is 6.73. The van der Waals surface area contributed by atoms with Gasteiger partial charge in [-0.05, 0) is 6.92 Å². The summed E-state index contributed by atoms with van der Waals surface area (Å²) in [6.07, 6.45) is 0. The third-order valence-corrected chi connectivity index (χ3v) is 2.81. The number of rotatable bonds is 2. The summed E-state index contributed by atoms with van der Waals surface area (Å²) in [5.41, 5.74) is 0. The third-order valence-electron chi connectivity index (χ3n) is 1.80. The summed E-state index contributed by atoms with van der Waals surface area (Å²) in [6.45, 7) is 1.44. The Kier molecular flexibility index (Phi) is 2.87. The van der Waals surface area contributed by atoms with E-state index in [0.29, 0.717) is 0 Å². The van der Waals surface area contributed by atoms with Gasteiger partial charge in [0.2, 0.25) is 10.0 Å². The van der Waals surface area contributed by atoms with Crippen LogP contribution < -0.4 is 5.14 Å². The number of carbonyl (C=O) groups excluding carboxylic acids is 1. The van der Waals surface area contributed by atoms with Crippen LogP contribution in [0, 0.1) is 6.92 Å². The summed E-state index contributed by atoms with van der Waals surface area (Å²) in [6, 6.07) is 1.13. The van der Waals surface area contributed by atoms with E-state index in [-0.39, 0.29) is 16.4 Å². The summed E-state index contributed by atoms with van der Waals surface area (Å²) in [4.78, 5) is 12.6. The predicted octanol–water partition coefficient (Wildman–Crippen LogP) is -0.0628. The molecule has 0 radical (unpaired) electrons. The van der Waals surface area contributed by atoms with Crippen molar-refractivity contribution in [2.75, 3.05) is 14.1 Å². The van der Waals surface area contributed by atoms with Crippen LogP contribution in [0.1, 0.15) is 16.3 Å². The summed E-state index contributed by atoms with van der Waals surface area (Å²) in [5, 5.41) is 4.93. The molecule has 1 heterocycles. The van der Waals surface area contributed by atoms with Crippen molar-refractivity contribution in [3.05, 3.63) is 17.6 Å². The Morgan fingerprint density at radius 2 is 2.00 bits per heavy atom. The zero-order valence-corrected chi connectivity index (χ0v) is 9.46. The van der Waals surface area contributed by atoms with Crippen LogP contribution in [0.5, 0.6) is 0 Å². The van der Waals surface area contributed by atoms with Crippen LogP contribution in [0.4, 0.5) is 0 Å². The number of primary sulfonamides is 1. The molecule has 0 bridgehead atoms. The molecule has 0 unspecified atom stereocenters. The van der Waals surface area contributed by atoms with E-state index in [4.69, 9.17) is 9.56 Å². The molecule has 0 aliphatic carbocycles. The van der Waals surface area contributed by atoms with E-state index in [1.165, 1.54) is 25.9 Å². The van der Waals surface area contributed by atoms with E-state index >= 15 is 0 Å². The van der Waals surface area contributed by atoms with Gasteiger partial charge in [-0.25, -0.2) is 13.6 Å². The lowest BCUT2D eigenvalue weighted by molar-refractivity contribution is 0.0795. The van der Waals surface area contributed by atoms with Gasteiger partial charge in [0.05, 0.1) is 0 Å². The molecule has 0 saturated carbocycles. The van der Waals surface area contributed by atoms with Gasteiger partial charge >= 0.3 is 0 Å². The van der Waals surface area contributed by atoms with E-state index in [2.05, 4.69) is 0 Å². The van der Waals surface area contributed by atoms with Crippen LogP contribution in [0.25, 0.3) is 0 Å². The zero-order valence-electron chi connectivity index (χ0n) is 8.64. The summed E-state index contributed by atoms with van der Waals surface area (Å²) >= 11 is 0. The number of aryl methyl sites for hydroxylation is 1. The number of nitrogens with two attached hydrogens (primary N) is 1. The molecule has 84 valence electrons. The minimum atomic E-state index is -3.84. The van der Waals surface area contributed by atoms with Crippen molar-refractivity contribution in [2.24, 2.45) is 5.14 Å². The predicted molar refractivity (Wildman–Crippen MR) is 52.8 cm³/mol. The monoisotopic (exact) mass is 232 g/mol. The lowest BCUT2D eigenvalue weighted by Gasteiger charge is -2.06. The molecule has 1 aromatic rings. The highest BCUT2D eigenvalue weighted by molar-refractivity contribution is 7.89. The van der Waals surface area contributed by atoms with Crippen molar-refractivity contribution in [1.82, 2.24) is 4.90 Å². The Balaban J connectivity index is 3.24. The molecule has 15 heavy (non-hydrogen) atoms. The fourth-order valence-corrected chi connectivity index (χ4v) is 1.79. The number of nitrogens with zero attached hydrogens (tertiary/aromatic N) is 1. The van der Waals surface area contributed by atoms with Gasteiger partial charge in [-0.1, -0.05) is 0 Å². The molecule has 0 atom stereocenters. The maximum atomic E-state index is 11.4. The van der Waals surface area contributed by atoms with E-state index in [1.807, 2.05) is 0 Å².